The number of amides is 2. The van der Waals surface area contributed by atoms with Crippen LogP contribution in [0.3, 0.4) is 0 Å². The predicted octanol–water partition coefficient (Wildman–Crippen LogP) is 4.38. The first kappa shape index (κ1) is 27.4. The number of hydrogen-bond donors (Lipinski definition) is 1. The highest BCUT2D eigenvalue weighted by Gasteiger charge is 2.37. The van der Waals surface area contributed by atoms with Crippen molar-refractivity contribution >= 4 is 17.5 Å². The molecule has 0 bridgehead atoms. The zero-order valence-corrected chi connectivity index (χ0v) is 23.2. The summed E-state index contributed by atoms with van der Waals surface area (Å²) in [6.07, 6.45) is 4.94. The van der Waals surface area contributed by atoms with E-state index in [1.165, 1.54) is 17.0 Å². The number of nitrogens with zero attached hydrogens (tertiary/aromatic N) is 5. The number of tetrazole rings is 1. The largest absolute Gasteiger partial charge is 0.486 e. The number of halogens is 1. The number of hydrogen-bond acceptors (Lipinski definition) is 8. The van der Waals surface area contributed by atoms with E-state index in [0.29, 0.717) is 41.9 Å². The first-order valence-corrected chi connectivity index (χ1v) is 14.1. The molecule has 1 saturated carbocycles. The maximum atomic E-state index is 14.3. The zero-order chi connectivity index (χ0) is 29.1. The van der Waals surface area contributed by atoms with Crippen molar-refractivity contribution in [3.8, 4) is 22.9 Å². The van der Waals surface area contributed by atoms with Crippen LogP contribution in [0.15, 0.2) is 59.0 Å². The first-order chi connectivity index (χ1) is 20.5. The molecule has 218 valence electrons. The van der Waals surface area contributed by atoms with Crippen LogP contribution in [0.1, 0.15) is 49.7 Å². The number of ether oxygens (including phenoxy) is 2. The molecule has 4 aromatic rings. The van der Waals surface area contributed by atoms with E-state index in [2.05, 4.69) is 20.7 Å². The summed E-state index contributed by atoms with van der Waals surface area (Å²) >= 11 is 0. The van der Waals surface area contributed by atoms with Crippen LogP contribution in [0.4, 0.5) is 10.1 Å². The molecular formula is C30H31FN6O5. The Kier molecular flexibility index (Phi) is 7.85. The van der Waals surface area contributed by atoms with E-state index in [9.17, 15) is 14.0 Å². The van der Waals surface area contributed by atoms with Crippen molar-refractivity contribution in [2.24, 2.45) is 0 Å². The average Bonchev–Trinajstić information content (AvgIpc) is 3.65. The quantitative estimate of drug-likeness (QED) is 0.329. The lowest BCUT2D eigenvalue weighted by Gasteiger charge is -2.32. The molecular weight excluding hydrogens is 543 g/mol. The monoisotopic (exact) mass is 574 g/mol. The third kappa shape index (κ3) is 5.83. The SMILES string of the molecule is Cc1ccc([C@@H](C(=O)NC2CCCCC2)N(C(=O)Cn2nnc(-c3ccccc3F)n2)c2ccc3c(c2)OCCO3)o1. The summed E-state index contributed by atoms with van der Waals surface area (Å²) in [5, 5.41) is 15.3. The third-order valence-electron chi connectivity index (χ3n) is 7.41. The molecule has 0 unspecified atom stereocenters. The van der Waals surface area contributed by atoms with Gasteiger partial charge < -0.3 is 19.2 Å². The van der Waals surface area contributed by atoms with Crippen LogP contribution in [-0.4, -0.2) is 51.3 Å². The second-order valence-electron chi connectivity index (χ2n) is 10.4. The maximum Gasteiger partial charge on any atom is 0.251 e. The topological polar surface area (TPSA) is 125 Å². The molecule has 2 aromatic carbocycles. The van der Waals surface area contributed by atoms with Crippen LogP contribution in [-0.2, 0) is 16.1 Å². The number of fused-ring (bicyclic) bond motifs is 1. The van der Waals surface area contributed by atoms with Gasteiger partial charge in [0, 0.05) is 17.8 Å². The average molecular weight is 575 g/mol. The van der Waals surface area contributed by atoms with Crippen molar-refractivity contribution in [1.82, 2.24) is 25.5 Å². The molecule has 0 radical (unpaired) electrons. The molecule has 1 aliphatic heterocycles. The molecule has 1 aliphatic carbocycles. The Balaban J connectivity index is 1.37. The van der Waals surface area contributed by atoms with Crippen LogP contribution in [0.25, 0.3) is 11.4 Å². The van der Waals surface area contributed by atoms with Crippen molar-refractivity contribution in [3.63, 3.8) is 0 Å². The number of anilines is 1. The third-order valence-corrected chi connectivity index (χ3v) is 7.41. The van der Waals surface area contributed by atoms with Crippen molar-refractivity contribution < 1.29 is 27.9 Å². The number of carbonyl (C=O) groups excluding carboxylic acids is 2. The molecule has 2 aliphatic rings. The number of rotatable bonds is 8. The Hall–Kier alpha value is -4.74. The smallest absolute Gasteiger partial charge is 0.251 e. The standard InChI is InChI=1S/C30H31FN6O5/c1-19-11-13-25(42-19)28(30(39)32-20-7-3-2-4-8-20)37(21-12-14-24-26(17-21)41-16-15-40-24)27(38)18-36-34-29(33-35-36)22-9-5-6-10-23(22)31/h5-6,9-14,17,20,28H,2-4,7-8,15-16,18H2,1H3,(H,32,39)/t28-/m0/s1. The summed E-state index contributed by atoms with van der Waals surface area (Å²) in [6, 6.07) is 13.4. The van der Waals surface area contributed by atoms with Gasteiger partial charge in [0.15, 0.2) is 17.5 Å². The number of aromatic nitrogens is 4. The molecule has 2 amide bonds. The summed E-state index contributed by atoms with van der Waals surface area (Å²) < 4.78 is 31.7. The molecule has 3 heterocycles. The van der Waals surface area contributed by atoms with Gasteiger partial charge >= 0.3 is 0 Å². The Morgan fingerprint density at radius 2 is 1.83 bits per heavy atom. The van der Waals surface area contributed by atoms with Crippen LogP contribution >= 0.6 is 0 Å². The lowest BCUT2D eigenvalue weighted by molar-refractivity contribution is -0.128. The highest BCUT2D eigenvalue weighted by Crippen LogP contribution is 2.38. The van der Waals surface area contributed by atoms with Gasteiger partial charge in [0.2, 0.25) is 5.82 Å². The van der Waals surface area contributed by atoms with Gasteiger partial charge in [-0.05, 0) is 61.4 Å². The Labute approximate surface area is 241 Å². The van der Waals surface area contributed by atoms with E-state index in [0.717, 1.165) is 36.9 Å². The number of nitrogens with one attached hydrogen (secondary N) is 1. The minimum absolute atomic E-state index is 0.00216. The molecule has 12 heteroatoms. The second kappa shape index (κ2) is 12.0. The second-order valence-corrected chi connectivity index (χ2v) is 10.4. The van der Waals surface area contributed by atoms with Gasteiger partial charge in [-0.1, -0.05) is 31.4 Å². The minimum atomic E-state index is -1.13. The number of furan rings is 1. The molecule has 42 heavy (non-hydrogen) atoms. The van der Waals surface area contributed by atoms with E-state index >= 15 is 0 Å². The van der Waals surface area contributed by atoms with Crippen LogP contribution in [0.5, 0.6) is 11.5 Å². The number of benzene rings is 2. The zero-order valence-electron chi connectivity index (χ0n) is 23.2. The molecule has 1 atom stereocenters. The van der Waals surface area contributed by atoms with Crippen LogP contribution < -0.4 is 19.7 Å². The molecule has 2 aromatic heterocycles. The molecule has 0 spiro atoms. The minimum Gasteiger partial charge on any atom is -0.486 e. The van der Waals surface area contributed by atoms with E-state index < -0.39 is 17.8 Å². The summed E-state index contributed by atoms with van der Waals surface area (Å²) in [6.45, 7) is 2.17. The number of aryl methyl sites for hydroxylation is 1. The fourth-order valence-corrected chi connectivity index (χ4v) is 5.38. The Morgan fingerprint density at radius 3 is 2.60 bits per heavy atom. The lowest BCUT2D eigenvalue weighted by atomic mass is 9.95. The van der Waals surface area contributed by atoms with E-state index in [1.54, 1.807) is 49.4 Å². The molecule has 1 fully saturated rings. The highest BCUT2D eigenvalue weighted by atomic mass is 19.1. The summed E-state index contributed by atoms with van der Waals surface area (Å²) in [5.41, 5.74) is 0.562. The fraction of sp³-hybridized carbons (Fsp3) is 0.367. The molecule has 0 saturated heterocycles. The fourth-order valence-electron chi connectivity index (χ4n) is 5.38. The molecule has 1 N–H and O–H groups in total. The summed E-state index contributed by atoms with van der Waals surface area (Å²) in [5.74, 6) is 0.570. The van der Waals surface area contributed by atoms with E-state index in [4.69, 9.17) is 13.9 Å². The van der Waals surface area contributed by atoms with Gasteiger partial charge in [0.05, 0.1) is 5.56 Å². The summed E-state index contributed by atoms with van der Waals surface area (Å²) in [7, 11) is 0. The van der Waals surface area contributed by atoms with Gasteiger partial charge in [0.25, 0.3) is 11.8 Å². The van der Waals surface area contributed by atoms with Crippen molar-refractivity contribution in [3.05, 3.63) is 71.9 Å². The first-order valence-electron chi connectivity index (χ1n) is 14.1. The summed E-state index contributed by atoms with van der Waals surface area (Å²) in [4.78, 5) is 30.6. The maximum absolute atomic E-state index is 14.3. The normalized spacial score (nSPS) is 15.7. The van der Waals surface area contributed by atoms with E-state index in [-0.39, 0.29) is 29.9 Å². The van der Waals surface area contributed by atoms with Crippen molar-refractivity contribution in [2.75, 3.05) is 18.1 Å². The van der Waals surface area contributed by atoms with Gasteiger partial charge in [-0.2, -0.15) is 4.80 Å². The Bertz CT molecular complexity index is 1580. The Morgan fingerprint density at radius 1 is 1.05 bits per heavy atom. The van der Waals surface area contributed by atoms with Gasteiger partial charge in [0.1, 0.15) is 37.1 Å². The van der Waals surface area contributed by atoms with Crippen LogP contribution in [0.2, 0.25) is 0 Å². The number of carbonyl (C=O) groups is 2. The lowest BCUT2D eigenvalue weighted by Crippen LogP contribution is -2.48. The van der Waals surface area contributed by atoms with Gasteiger partial charge in [-0.15, -0.1) is 10.2 Å². The molecule has 6 rings (SSSR count). The predicted molar refractivity (Wildman–Crippen MR) is 149 cm³/mol. The molecule has 11 nitrogen and oxygen atoms in total. The van der Waals surface area contributed by atoms with Gasteiger partial charge in [-0.3, -0.25) is 14.5 Å². The highest BCUT2D eigenvalue weighted by molar-refractivity contribution is 6.01. The van der Waals surface area contributed by atoms with Crippen molar-refractivity contribution in [2.45, 2.75) is 57.7 Å². The van der Waals surface area contributed by atoms with Gasteiger partial charge in [-0.25, -0.2) is 4.39 Å². The van der Waals surface area contributed by atoms with Crippen molar-refractivity contribution in [1.29, 1.82) is 0 Å². The van der Waals surface area contributed by atoms with E-state index in [1.807, 2.05) is 0 Å². The van der Waals surface area contributed by atoms with Crippen LogP contribution in [0, 0.1) is 12.7 Å².